The lowest BCUT2D eigenvalue weighted by atomic mass is 9.86. The Morgan fingerprint density at radius 1 is 1.40 bits per heavy atom. The fourth-order valence-corrected chi connectivity index (χ4v) is 2.49. The lowest BCUT2D eigenvalue weighted by Gasteiger charge is -2.27. The minimum atomic E-state index is -0.227. The third kappa shape index (κ3) is 3.72. The van der Waals surface area contributed by atoms with Crippen LogP contribution in [0.3, 0.4) is 0 Å². The van der Waals surface area contributed by atoms with Crippen molar-refractivity contribution >= 4 is 11.5 Å². The number of aliphatic hydroxyl groups is 1. The molecule has 1 aliphatic carbocycles. The Balaban J connectivity index is 1.95. The van der Waals surface area contributed by atoms with Gasteiger partial charge >= 0.3 is 0 Å². The molecule has 0 spiro atoms. The molecule has 0 radical (unpaired) electrons. The molecule has 1 saturated carbocycles. The first-order valence-electron chi connectivity index (χ1n) is 7.37. The topological polar surface area (TPSA) is 93.3 Å². The van der Waals surface area contributed by atoms with Crippen LogP contribution in [0.4, 0.5) is 11.5 Å². The van der Waals surface area contributed by atoms with E-state index in [2.05, 4.69) is 15.3 Å². The predicted molar refractivity (Wildman–Crippen MR) is 78.7 cm³/mol. The van der Waals surface area contributed by atoms with Gasteiger partial charge < -0.3 is 20.9 Å². The minimum Gasteiger partial charge on any atom is -0.476 e. The maximum atomic E-state index is 9.96. The number of rotatable bonds is 6. The number of aliphatic hydroxyl groups excluding tert-OH is 1. The molecule has 6 nitrogen and oxygen atoms in total. The van der Waals surface area contributed by atoms with E-state index < -0.39 is 0 Å². The molecule has 1 aliphatic rings. The molecule has 2 unspecified atom stereocenters. The molecule has 1 aromatic heterocycles. The molecule has 0 bridgehead atoms. The summed E-state index contributed by atoms with van der Waals surface area (Å²) in [6, 6.07) is 0. The highest BCUT2D eigenvalue weighted by atomic mass is 16.5. The number of nitrogens with zero attached hydrogens (tertiary/aromatic N) is 2. The van der Waals surface area contributed by atoms with Gasteiger partial charge in [0.25, 0.3) is 0 Å². The number of nitrogen functional groups attached to an aromatic ring is 1. The molecular weight excluding hydrogens is 256 g/mol. The first-order valence-corrected chi connectivity index (χ1v) is 7.37. The van der Waals surface area contributed by atoms with Crippen molar-refractivity contribution in [3.05, 3.63) is 6.33 Å². The number of hydrogen-bond donors (Lipinski definition) is 3. The highest BCUT2D eigenvalue weighted by molar-refractivity contribution is 5.66. The number of nitrogens with two attached hydrogens (primary N) is 1. The summed E-state index contributed by atoms with van der Waals surface area (Å²) in [5, 5.41) is 13.2. The average molecular weight is 280 g/mol. The van der Waals surface area contributed by atoms with Gasteiger partial charge in [0.1, 0.15) is 12.0 Å². The summed E-state index contributed by atoms with van der Waals surface area (Å²) in [4.78, 5) is 8.19. The monoisotopic (exact) mass is 280 g/mol. The summed E-state index contributed by atoms with van der Waals surface area (Å²) >= 11 is 0. The molecule has 0 saturated heterocycles. The lowest BCUT2D eigenvalue weighted by molar-refractivity contribution is 0.0763. The molecular formula is C14H24N4O2. The van der Waals surface area contributed by atoms with E-state index in [1.165, 1.54) is 12.7 Å². The van der Waals surface area contributed by atoms with Gasteiger partial charge in [-0.1, -0.05) is 19.8 Å². The van der Waals surface area contributed by atoms with Gasteiger partial charge in [0.2, 0.25) is 5.88 Å². The molecule has 112 valence electrons. The van der Waals surface area contributed by atoms with Gasteiger partial charge in [-0.3, -0.25) is 0 Å². The van der Waals surface area contributed by atoms with Gasteiger partial charge in [0.05, 0.1) is 12.7 Å². The van der Waals surface area contributed by atoms with Crippen LogP contribution in [0.25, 0.3) is 0 Å². The zero-order valence-electron chi connectivity index (χ0n) is 12.0. The minimum absolute atomic E-state index is 0.227. The van der Waals surface area contributed by atoms with Gasteiger partial charge in [-0.25, -0.2) is 4.98 Å². The summed E-state index contributed by atoms with van der Waals surface area (Å²) in [6.07, 6.45) is 6.33. The SMILES string of the molecule is CCCOc1ncnc(NCC2CCCCC2O)c1N. The molecule has 1 heterocycles. The van der Waals surface area contributed by atoms with Crippen molar-refractivity contribution in [2.45, 2.75) is 45.1 Å². The normalized spacial score (nSPS) is 22.5. The van der Waals surface area contributed by atoms with Crippen LogP contribution in [0.15, 0.2) is 6.33 Å². The number of nitrogens with one attached hydrogen (secondary N) is 1. The van der Waals surface area contributed by atoms with Crippen molar-refractivity contribution in [1.82, 2.24) is 9.97 Å². The molecule has 1 aromatic rings. The second-order valence-electron chi connectivity index (χ2n) is 5.28. The molecule has 4 N–H and O–H groups in total. The van der Waals surface area contributed by atoms with E-state index >= 15 is 0 Å². The molecule has 0 aromatic carbocycles. The van der Waals surface area contributed by atoms with Gasteiger partial charge in [0.15, 0.2) is 5.82 Å². The predicted octanol–water partition coefficient (Wildman–Crippen LogP) is 1.81. The lowest BCUT2D eigenvalue weighted by Crippen LogP contribution is -2.30. The average Bonchev–Trinajstić information content (AvgIpc) is 2.46. The van der Waals surface area contributed by atoms with Crippen molar-refractivity contribution in [3.8, 4) is 5.88 Å². The summed E-state index contributed by atoms with van der Waals surface area (Å²) in [6.45, 7) is 3.29. The van der Waals surface area contributed by atoms with E-state index in [0.29, 0.717) is 30.5 Å². The van der Waals surface area contributed by atoms with Gasteiger partial charge in [0, 0.05) is 12.5 Å². The molecule has 6 heteroatoms. The fraction of sp³-hybridized carbons (Fsp3) is 0.714. The Labute approximate surface area is 119 Å². The van der Waals surface area contributed by atoms with Crippen LogP contribution in [0.1, 0.15) is 39.0 Å². The summed E-state index contributed by atoms with van der Waals surface area (Å²) in [7, 11) is 0. The van der Waals surface area contributed by atoms with E-state index in [0.717, 1.165) is 25.7 Å². The molecule has 0 amide bonds. The largest absolute Gasteiger partial charge is 0.476 e. The van der Waals surface area contributed by atoms with Crippen LogP contribution < -0.4 is 15.8 Å². The van der Waals surface area contributed by atoms with E-state index in [1.807, 2.05) is 6.92 Å². The summed E-state index contributed by atoms with van der Waals surface area (Å²) in [5.74, 6) is 1.27. The molecule has 2 atom stereocenters. The number of hydrogen-bond acceptors (Lipinski definition) is 6. The zero-order valence-corrected chi connectivity index (χ0v) is 12.0. The van der Waals surface area contributed by atoms with Crippen molar-refractivity contribution in [3.63, 3.8) is 0 Å². The Morgan fingerprint density at radius 2 is 2.20 bits per heavy atom. The third-order valence-corrected chi connectivity index (χ3v) is 3.69. The number of ether oxygens (including phenoxy) is 1. The van der Waals surface area contributed by atoms with Crippen molar-refractivity contribution in [2.75, 3.05) is 24.2 Å². The van der Waals surface area contributed by atoms with Crippen LogP contribution in [0.2, 0.25) is 0 Å². The van der Waals surface area contributed by atoms with E-state index in [9.17, 15) is 5.11 Å². The highest BCUT2D eigenvalue weighted by Crippen LogP contribution is 2.27. The quantitative estimate of drug-likeness (QED) is 0.736. The summed E-state index contributed by atoms with van der Waals surface area (Å²) < 4.78 is 5.47. The van der Waals surface area contributed by atoms with Gasteiger partial charge in [-0.15, -0.1) is 0 Å². The molecule has 0 aliphatic heterocycles. The van der Waals surface area contributed by atoms with E-state index in [-0.39, 0.29) is 12.0 Å². The molecule has 20 heavy (non-hydrogen) atoms. The first-order chi connectivity index (χ1) is 9.72. The van der Waals surface area contributed by atoms with Crippen LogP contribution in [-0.4, -0.2) is 34.3 Å². The van der Waals surface area contributed by atoms with Gasteiger partial charge in [-0.2, -0.15) is 4.98 Å². The number of aromatic nitrogens is 2. The van der Waals surface area contributed by atoms with E-state index in [1.54, 1.807) is 0 Å². The smallest absolute Gasteiger partial charge is 0.242 e. The van der Waals surface area contributed by atoms with Crippen LogP contribution in [0.5, 0.6) is 5.88 Å². The molecule has 2 rings (SSSR count). The van der Waals surface area contributed by atoms with Crippen LogP contribution in [-0.2, 0) is 0 Å². The molecule has 1 fully saturated rings. The standard InChI is InChI=1S/C14H24N4O2/c1-2-7-20-14-12(15)13(17-9-18-14)16-8-10-5-3-4-6-11(10)19/h9-11,19H,2-8,15H2,1H3,(H,16,17,18). The Bertz CT molecular complexity index is 428. The van der Waals surface area contributed by atoms with Gasteiger partial charge in [-0.05, 0) is 19.3 Å². The number of anilines is 2. The second kappa shape index (κ2) is 7.28. The zero-order chi connectivity index (χ0) is 14.4. The van der Waals surface area contributed by atoms with Crippen LogP contribution in [0, 0.1) is 5.92 Å². The Kier molecular flexibility index (Phi) is 5.40. The van der Waals surface area contributed by atoms with E-state index in [4.69, 9.17) is 10.5 Å². The first kappa shape index (κ1) is 14.8. The van der Waals surface area contributed by atoms with Crippen molar-refractivity contribution in [2.24, 2.45) is 5.92 Å². The maximum absolute atomic E-state index is 9.96. The Morgan fingerprint density at radius 3 is 2.95 bits per heavy atom. The summed E-state index contributed by atoms with van der Waals surface area (Å²) in [5.41, 5.74) is 6.44. The van der Waals surface area contributed by atoms with Crippen LogP contribution >= 0.6 is 0 Å². The van der Waals surface area contributed by atoms with Crippen molar-refractivity contribution in [1.29, 1.82) is 0 Å². The second-order valence-corrected chi connectivity index (χ2v) is 5.28. The highest BCUT2D eigenvalue weighted by Gasteiger charge is 2.23. The Hall–Kier alpha value is -1.56. The van der Waals surface area contributed by atoms with Crippen molar-refractivity contribution < 1.29 is 9.84 Å². The maximum Gasteiger partial charge on any atom is 0.242 e. The third-order valence-electron chi connectivity index (χ3n) is 3.69. The fourth-order valence-electron chi connectivity index (χ4n) is 2.49.